The number of esters is 1. The Kier molecular flexibility index (Phi) is 4.01. The SMILES string of the molecule is COC(=O)C1N(c2cccc(Cl)c2)C1(C(C)C)C(C)C. The third-order valence-electron chi connectivity index (χ3n) is 4.41. The molecule has 1 fully saturated rings. The van der Waals surface area contributed by atoms with Crippen molar-refractivity contribution in [3.63, 3.8) is 0 Å². The molecule has 0 bridgehead atoms. The van der Waals surface area contributed by atoms with Gasteiger partial charge in [-0.3, -0.25) is 0 Å². The van der Waals surface area contributed by atoms with E-state index in [2.05, 4.69) is 32.6 Å². The molecule has 0 amide bonds. The Bertz CT molecular complexity index is 505. The van der Waals surface area contributed by atoms with Crippen LogP contribution in [-0.2, 0) is 9.53 Å². The molecule has 20 heavy (non-hydrogen) atoms. The molecule has 1 aliphatic heterocycles. The lowest BCUT2D eigenvalue weighted by atomic mass is 9.81. The van der Waals surface area contributed by atoms with E-state index in [0.717, 1.165) is 5.69 Å². The number of carbonyl (C=O) groups is 1. The van der Waals surface area contributed by atoms with Crippen molar-refractivity contribution in [2.45, 2.75) is 39.3 Å². The second-order valence-corrected chi connectivity index (χ2v) is 6.41. The number of benzene rings is 1. The fourth-order valence-electron chi connectivity index (χ4n) is 3.58. The Labute approximate surface area is 125 Å². The maximum atomic E-state index is 12.2. The van der Waals surface area contributed by atoms with Crippen LogP contribution in [0.4, 0.5) is 5.69 Å². The fraction of sp³-hybridized carbons (Fsp3) is 0.562. The highest BCUT2D eigenvalue weighted by Gasteiger charge is 2.70. The van der Waals surface area contributed by atoms with Gasteiger partial charge in [-0.1, -0.05) is 45.4 Å². The first-order valence-electron chi connectivity index (χ1n) is 7.00. The second-order valence-electron chi connectivity index (χ2n) is 5.97. The third kappa shape index (κ3) is 2.08. The zero-order chi connectivity index (χ0) is 15.1. The zero-order valence-corrected chi connectivity index (χ0v) is 13.4. The molecule has 0 radical (unpaired) electrons. The molecule has 0 saturated carbocycles. The predicted octanol–water partition coefficient (Wildman–Crippen LogP) is 3.75. The van der Waals surface area contributed by atoms with E-state index in [1.54, 1.807) is 0 Å². The molecule has 2 rings (SSSR count). The van der Waals surface area contributed by atoms with Gasteiger partial charge < -0.3 is 9.64 Å². The molecule has 1 atom stereocenters. The highest BCUT2D eigenvalue weighted by molar-refractivity contribution is 6.30. The first-order valence-corrected chi connectivity index (χ1v) is 7.37. The van der Waals surface area contributed by atoms with Gasteiger partial charge in [-0.15, -0.1) is 0 Å². The number of nitrogens with zero attached hydrogens (tertiary/aromatic N) is 1. The first-order chi connectivity index (χ1) is 9.37. The minimum atomic E-state index is -0.231. The Morgan fingerprint density at radius 3 is 2.35 bits per heavy atom. The van der Waals surface area contributed by atoms with E-state index in [4.69, 9.17) is 16.3 Å². The summed E-state index contributed by atoms with van der Waals surface area (Å²) >= 11 is 6.09. The van der Waals surface area contributed by atoms with Gasteiger partial charge in [0.1, 0.15) is 0 Å². The third-order valence-corrected chi connectivity index (χ3v) is 4.64. The molecule has 1 aliphatic rings. The van der Waals surface area contributed by atoms with Gasteiger partial charge in [0.25, 0.3) is 0 Å². The number of carbonyl (C=O) groups excluding carboxylic acids is 1. The van der Waals surface area contributed by atoms with Gasteiger partial charge in [-0.05, 0) is 30.0 Å². The van der Waals surface area contributed by atoms with Crippen molar-refractivity contribution in [2.75, 3.05) is 12.0 Å². The van der Waals surface area contributed by atoms with Crippen LogP contribution in [0.1, 0.15) is 27.7 Å². The van der Waals surface area contributed by atoms with Crippen LogP contribution in [0.25, 0.3) is 0 Å². The summed E-state index contributed by atoms with van der Waals surface area (Å²) in [4.78, 5) is 14.3. The van der Waals surface area contributed by atoms with Gasteiger partial charge in [-0.2, -0.15) is 0 Å². The minimum Gasteiger partial charge on any atom is -0.467 e. The van der Waals surface area contributed by atoms with Crippen LogP contribution in [-0.4, -0.2) is 24.7 Å². The van der Waals surface area contributed by atoms with Crippen molar-refractivity contribution < 1.29 is 9.53 Å². The van der Waals surface area contributed by atoms with Crippen molar-refractivity contribution in [3.05, 3.63) is 29.3 Å². The molecule has 1 aromatic carbocycles. The van der Waals surface area contributed by atoms with Crippen LogP contribution < -0.4 is 4.90 Å². The van der Waals surface area contributed by atoms with E-state index < -0.39 is 0 Å². The number of ether oxygens (including phenoxy) is 1. The van der Waals surface area contributed by atoms with E-state index in [0.29, 0.717) is 16.9 Å². The standard InChI is InChI=1S/C16H22ClNO2/c1-10(2)16(11(3)4)14(15(19)20-5)18(16)13-8-6-7-12(17)9-13/h6-11,14H,1-5H3. The number of hydrogen-bond acceptors (Lipinski definition) is 3. The van der Waals surface area contributed by atoms with Crippen molar-refractivity contribution in [2.24, 2.45) is 11.8 Å². The lowest BCUT2D eigenvalue weighted by molar-refractivity contribution is -0.140. The van der Waals surface area contributed by atoms with E-state index in [-0.39, 0.29) is 17.6 Å². The highest BCUT2D eigenvalue weighted by Crippen LogP contribution is 2.55. The zero-order valence-electron chi connectivity index (χ0n) is 12.7. The Balaban J connectivity index is 2.47. The van der Waals surface area contributed by atoms with E-state index in [9.17, 15) is 4.79 Å². The van der Waals surface area contributed by atoms with Gasteiger partial charge in [-0.25, -0.2) is 4.79 Å². The van der Waals surface area contributed by atoms with Crippen LogP contribution in [0.3, 0.4) is 0 Å². The van der Waals surface area contributed by atoms with Crippen LogP contribution >= 0.6 is 11.6 Å². The highest BCUT2D eigenvalue weighted by atomic mass is 35.5. The largest absolute Gasteiger partial charge is 0.467 e. The second kappa shape index (κ2) is 5.28. The minimum absolute atomic E-state index is 0.174. The van der Waals surface area contributed by atoms with Gasteiger partial charge in [0.2, 0.25) is 0 Å². The summed E-state index contributed by atoms with van der Waals surface area (Å²) < 4.78 is 5.00. The molecule has 1 heterocycles. The van der Waals surface area contributed by atoms with Crippen LogP contribution in [0, 0.1) is 11.8 Å². The summed E-state index contributed by atoms with van der Waals surface area (Å²) in [6.07, 6.45) is 0. The summed E-state index contributed by atoms with van der Waals surface area (Å²) in [5.74, 6) is 0.503. The lowest BCUT2D eigenvalue weighted by Crippen LogP contribution is -2.34. The van der Waals surface area contributed by atoms with Crippen molar-refractivity contribution in [1.82, 2.24) is 0 Å². The Morgan fingerprint density at radius 2 is 1.90 bits per heavy atom. The first kappa shape index (κ1) is 15.2. The fourth-order valence-corrected chi connectivity index (χ4v) is 3.77. The summed E-state index contributed by atoms with van der Waals surface area (Å²) in [6.45, 7) is 8.61. The molecule has 1 saturated heterocycles. The monoisotopic (exact) mass is 295 g/mol. The van der Waals surface area contributed by atoms with Crippen LogP contribution in [0.15, 0.2) is 24.3 Å². The maximum Gasteiger partial charge on any atom is 0.331 e. The molecular formula is C16H22ClNO2. The number of halogens is 1. The van der Waals surface area contributed by atoms with Gasteiger partial charge in [0.05, 0.1) is 12.6 Å². The number of anilines is 1. The molecule has 4 heteroatoms. The average molecular weight is 296 g/mol. The van der Waals surface area contributed by atoms with Crippen LogP contribution in [0.5, 0.6) is 0 Å². The lowest BCUT2D eigenvalue weighted by Gasteiger charge is -2.26. The Hall–Kier alpha value is -1.22. The normalized spacial score (nSPS) is 20.4. The van der Waals surface area contributed by atoms with Crippen molar-refractivity contribution in [1.29, 1.82) is 0 Å². The molecule has 0 spiro atoms. The summed E-state index contributed by atoms with van der Waals surface area (Å²) in [5, 5.41) is 0.680. The molecule has 0 aliphatic carbocycles. The number of methoxy groups -OCH3 is 1. The summed E-state index contributed by atoms with van der Waals surface area (Å²) in [7, 11) is 1.45. The molecule has 1 unspecified atom stereocenters. The topological polar surface area (TPSA) is 29.3 Å². The van der Waals surface area contributed by atoms with Crippen molar-refractivity contribution >= 4 is 23.3 Å². The van der Waals surface area contributed by atoms with Gasteiger partial charge in [0, 0.05) is 10.7 Å². The molecule has 110 valence electrons. The number of hydrogen-bond donors (Lipinski definition) is 0. The van der Waals surface area contributed by atoms with E-state index in [1.165, 1.54) is 7.11 Å². The summed E-state index contributed by atoms with van der Waals surface area (Å²) in [6, 6.07) is 7.42. The molecule has 0 aromatic heterocycles. The Morgan fingerprint density at radius 1 is 1.30 bits per heavy atom. The van der Waals surface area contributed by atoms with Crippen LogP contribution in [0.2, 0.25) is 5.02 Å². The average Bonchev–Trinajstić information content (AvgIpc) is 3.09. The molecule has 0 N–H and O–H groups in total. The number of rotatable bonds is 4. The van der Waals surface area contributed by atoms with Gasteiger partial charge >= 0.3 is 5.97 Å². The predicted molar refractivity (Wildman–Crippen MR) is 82.1 cm³/mol. The molecule has 3 nitrogen and oxygen atoms in total. The quantitative estimate of drug-likeness (QED) is 0.626. The maximum absolute atomic E-state index is 12.2. The molecule has 1 aromatic rings. The van der Waals surface area contributed by atoms with Crippen molar-refractivity contribution in [3.8, 4) is 0 Å². The van der Waals surface area contributed by atoms with E-state index in [1.807, 2.05) is 24.3 Å². The van der Waals surface area contributed by atoms with E-state index >= 15 is 0 Å². The summed E-state index contributed by atoms with van der Waals surface area (Å²) in [5.41, 5.74) is 0.785. The molecular weight excluding hydrogens is 274 g/mol. The smallest absolute Gasteiger partial charge is 0.331 e. The van der Waals surface area contributed by atoms with Gasteiger partial charge in [0.15, 0.2) is 6.04 Å².